The molecule has 3 heteroatoms. The van der Waals surface area contributed by atoms with Crippen LogP contribution in [0.5, 0.6) is 0 Å². The summed E-state index contributed by atoms with van der Waals surface area (Å²) in [5.41, 5.74) is 7.87. The standard InChI is InChI=1S/C9H17N3/c1-3-4-9-7-8(5-6-10)11-12(9)2/h7H,3-6,10H2,1-2H3. The van der Waals surface area contributed by atoms with Crippen molar-refractivity contribution in [2.45, 2.75) is 26.2 Å². The first-order valence-corrected chi connectivity index (χ1v) is 4.49. The Balaban J connectivity index is 2.70. The van der Waals surface area contributed by atoms with E-state index >= 15 is 0 Å². The van der Waals surface area contributed by atoms with Gasteiger partial charge in [-0.15, -0.1) is 0 Å². The minimum absolute atomic E-state index is 0.683. The molecule has 0 aromatic carbocycles. The van der Waals surface area contributed by atoms with E-state index in [-0.39, 0.29) is 0 Å². The van der Waals surface area contributed by atoms with Gasteiger partial charge in [0.05, 0.1) is 5.69 Å². The highest BCUT2D eigenvalue weighted by molar-refractivity contribution is 5.10. The highest BCUT2D eigenvalue weighted by atomic mass is 15.3. The van der Waals surface area contributed by atoms with Crippen LogP contribution in [0.1, 0.15) is 24.7 Å². The highest BCUT2D eigenvalue weighted by Gasteiger charge is 2.02. The molecule has 1 aromatic heterocycles. The SMILES string of the molecule is CCCc1cc(CCN)nn1C. The van der Waals surface area contributed by atoms with Crippen LogP contribution < -0.4 is 5.73 Å². The summed E-state index contributed by atoms with van der Waals surface area (Å²) in [4.78, 5) is 0. The Hall–Kier alpha value is -0.830. The number of hydrogen-bond donors (Lipinski definition) is 1. The molecular formula is C9H17N3. The van der Waals surface area contributed by atoms with Crippen molar-refractivity contribution < 1.29 is 0 Å². The van der Waals surface area contributed by atoms with E-state index in [1.807, 2.05) is 11.7 Å². The van der Waals surface area contributed by atoms with E-state index in [0.717, 1.165) is 18.5 Å². The van der Waals surface area contributed by atoms with Gasteiger partial charge in [-0.25, -0.2) is 0 Å². The van der Waals surface area contributed by atoms with Crippen molar-refractivity contribution in [3.63, 3.8) is 0 Å². The molecule has 0 aliphatic carbocycles. The Morgan fingerprint density at radius 1 is 1.50 bits per heavy atom. The van der Waals surface area contributed by atoms with E-state index in [9.17, 15) is 0 Å². The van der Waals surface area contributed by atoms with Crippen LogP contribution in [0, 0.1) is 0 Å². The van der Waals surface area contributed by atoms with Gasteiger partial charge in [-0.1, -0.05) is 13.3 Å². The summed E-state index contributed by atoms with van der Waals surface area (Å²) >= 11 is 0. The number of rotatable bonds is 4. The van der Waals surface area contributed by atoms with E-state index in [1.165, 1.54) is 12.1 Å². The molecule has 3 nitrogen and oxygen atoms in total. The first-order valence-electron chi connectivity index (χ1n) is 4.49. The van der Waals surface area contributed by atoms with Crippen LogP contribution in [-0.4, -0.2) is 16.3 Å². The third-order valence-electron chi connectivity index (χ3n) is 1.93. The average Bonchev–Trinajstić information content (AvgIpc) is 2.34. The number of aromatic nitrogens is 2. The predicted octanol–water partition coefficient (Wildman–Crippen LogP) is 0.874. The molecule has 12 heavy (non-hydrogen) atoms. The minimum Gasteiger partial charge on any atom is -0.330 e. The van der Waals surface area contributed by atoms with Crippen LogP contribution in [-0.2, 0) is 19.9 Å². The second-order valence-corrected chi connectivity index (χ2v) is 3.04. The molecule has 0 radical (unpaired) electrons. The lowest BCUT2D eigenvalue weighted by Gasteiger charge is -1.96. The second kappa shape index (κ2) is 4.26. The van der Waals surface area contributed by atoms with Crippen molar-refractivity contribution in [1.82, 2.24) is 9.78 Å². The van der Waals surface area contributed by atoms with Gasteiger partial charge in [0.2, 0.25) is 0 Å². The Labute approximate surface area is 73.6 Å². The van der Waals surface area contributed by atoms with Crippen LogP contribution in [0.15, 0.2) is 6.07 Å². The fourth-order valence-electron chi connectivity index (χ4n) is 1.33. The van der Waals surface area contributed by atoms with Gasteiger partial charge < -0.3 is 5.73 Å². The zero-order valence-electron chi connectivity index (χ0n) is 7.88. The molecule has 2 N–H and O–H groups in total. The van der Waals surface area contributed by atoms with Gasteiger partial charge in [0.15, 0.2) is 0 Å². The molecule has 0 bridgehead atoms. The van der Waals surface area contributed by atoms with Crippen LogP contribution in [0.25, 0.3) is 0 Å². The number of aryl methyl sites for hydroxylation is 2. The molecule has 1 aromatic rings. The summed E-state index contributed by atoms with van der Waals surface area (Å²) in [6, 6.07) is 2.15. The smallest absolute Gasteiger partial charge is 0.0639 e. The Kier molecular flexibility index (Phi) is 3.29. The first-order chi connectivity index (χ1) is 5.77. The van der Waals surface area contributed by atoms with Crippen LogP contribution in [0.2, 0.25) is 0 Å². The van der Waals surface area contributed by atoms with Gasteiger partial charge in [0.25, 0.3) is 0 Å². The zero-order chi connectivity index (χ0) is 8.97. The zero-order valence-corrected chi connectivity index (χ0v) is 7.88. The molecule has 0 aliphatic heterocycles. The molecule has 1 heterocycles. The molecule has 68 valence electrons. The summed E-state index contributed by atoms with van der Waals surface area (Å²) in [6.07, 6.45) is 3.16. The lowest BCUT2D eigenvalue weighted by atomic mass is 10.2. The summed E-state index contributed by atoms with van der Waals surface area (Å²) < 4.78 is 1.95. The van der Waals surface area contributed by atoms with Crippen molar-refractivity contribution in [3.05, 3.63) is 17.5 Å². The van der Waals surface area contributed by atoms with Gasteiger partial charge >= 0.3 is 0 Å². The number of hydrogen-bond acceptors (Lipinski definition) is 2. The maximum Gasteiger partial charge on any atom is 0.0639 e. The average molecular weight is 167 g/mol. The molecule has 0 amide bonds. The van der Waals surface area contributed by atoms with Crippen molar-refractivity contribution in [3.8, 4) is 0 Å². The Morgan fingerprint density at radius 3 is 2.83 bits per heavy atom. The van der Waals surface area contributed by atoms with Crippen molar-refractivity contribution >= 4 is 0 Å². The predicted molar refractivity (Wildman–Crippen MR) is 50.0 cm³/mol. The Morgan fingerprint density at radius 2 is 2.25 bits per heavy atom. The van der Waals surface area contributed by atoms with E-state index < -0.39 is 0 Å². The second-order valence-electron chi connectivity index (χ2n) is 3.04. The number of nitrogens with two attached hydrogens (primary N) is 1. The monoisotopic (exact) mass is 167 g/mol. The maximum absolute atomic E-state index is 5.44. The minimum atomic E-state index is 0.683. The molecule has 0 saturated carbocycles. The molecule has 0 fully saturated rings. The quantitative estimate of drug-likeness (QED) is 0.723. The van der Waals surface area contributed by atoms with E-state index in [4.69, 9.17) is 5.73 Å². The fraction of sp³-hybridized carbons (Fsp3) is 0.667. The normalized spacial score (nSPS) is 10.6. The van der Waals surface area contributed by atoms with Gasteiger partial charge in [0, 0.05) is 19.2 Å². The fourth-order valence-corrected chi connectivity index (χ4v) is 1.33. The van der Waals surface area contributed by atoms with E-state index in [1.54, 1.807) is 0 Å². The van der Waals surface area contributed by atoms with Crippen molar-refractivity contribution in [2.75, 3.05) is 6.54 Å². The highest BCUT2D eigenvalue weighted by Crippen LogP contribution is 2.05. The molecule has 1 rings (SSSR count). The van der Waals surface area contributed by atoms with Crippen LogP contribution >= 0.6 is 0 Å². The molecule has 0 atom stereocenters. The van der Waals surface area contributed by atoms with Crippen molar-refractivity contribution in [1.29, 1.82) is 0 Å². The maximum atomic E-state index is 5.44. The van der Waals surface area contributed by atoms with Crippen molar-refractivity contribution in [2.24, 2.45) is 12.8 Å². The van der Waals surface area contributed by atoms with Crippen LogP contribution in [0.4, 0.5) is 0 Å². The lowest BCUT2D eigenvalue weighted by Crippen LogP contribution is -2.03. The Bertz CT molecular complexity index is 240. The molecular weight excluding hydrogens is 150 g/mol. The molecule has 0 unspecified atom stereocenters. The first kappa shape index (κ1) is 9.26. The van der Waals surface area contributed by atoms with E-state index in [0.29, 0.717) is 6.54 Å². The van der Waals surface area contributed by atoms with Gasteiger partial charge in [-0.2, -0.15) is 5.10 Å². The van der Waals surface area contributed by atoms with Gasteiger partial charge in [-0.3, -0.25) is 4.68 Å². The largest absolute Gasteiger partial charge is 0.330 e. The van der Waals surface area contributed by atoms with Gasteiger partial charge in [-0.05, 0) is 19.0 Å². The van der Waals surface area contributed by atoms with Crippen LogP contribution in [0.3, 0.4) is 0 Å². The van der Waals surface area contributed by atoms with Gasteiger partial charge in [0.1, 0.15) is 0 Å². The third kappa shape index (κ3) is 2.08. The summed E-state index contributed by atoms with van der Waals surface area (Å²) in [7, 11) is 1.99. The lowest BCUT2D eigenvalue weighted by molar-refractivity contribution is 0.685. The molecule has 0 aliphatic rings. The topological polar surface area (TPSA) is 43.8 Å². The molecule has 0 spiro atoms. The van der Waals surface area contributed by atoms with E-state index in [2.05, 4.69) is 18.1 Å². The summed E-state index contributed by atoms with van der Waals surface area (Å²) in [5, 5.41) is 4.36. The third-order valence-corrected chi connectivity index (χ3v) is 1.93. The molecule has 0 saturated heterocycles. The summed E-state index contributed by atoms with van der Waals surface area (Å²) in [6.45, 7) is 2.86. The summed E-state index contributed by atoms with van der Waals surface area (Å²) in [5.74, 6) is 0. The number of nitrogens with zero attached hydrogens (tertiary/aromatic N) is 2.